The SMILES string of the molecule is CCc1ccccc1C(=O)C1=C(C(=O)O)CCCC1. The van der Waals surface area contributed by atoms with Gasteiger partial charge in [0.1, 0.15) is 0 Å². The minimum absolute atomic E-state index is 0.102. The van der Waals surface area contributed by atoms with Crippen LogP contribution < -0.4 is 0 Å². The zero-order valence-electron chi connectivity index (χ0n) is 11.1. The molecule has 0 saturated heterocycles. The lowest BCUT2D eigenvalue weighted by Crippen LogP contribution is -2.16. The normalized spacial score (nSPS) is 15.4. The van der Waals surface area contributed by atoms with Crippen LogP contribution in [0.25, 0.3) is 0 Å². The highest BCUT2D eigenvalue weighted by Crippen LogP contribution is 2.28. The molecule has 1 aliphatic carbocycles. The molecule has 0 unspecified atom stereocenters. The third kappa shape index (κ3) is 2.75. The Morgan fingerprint density at radius 3 is 2.37 bits per heavy atom. The molecule has 0 radical (unpaired) electrons. The predicted octanol–water partition coefficient (Wildman–Crippen LogP) is 3.39. The number of rotatable bonds is 4. The summed E-state index contributed by atoms with van der Waals surface area (Å²) in [6.45, 7) is 2.00. The molecule has 1 aromatic carbocycles. The van der Waals surface area contributed by atoms with E-state index in [1.54, 1.807) is 6.07 Å². The van der Waals surface area contributed by atoms with Crippen LogP contribution in [0.4, 0.5) is 0 Å². The number of carbonyl (C=O) groups excluding carboxylic acids is 1. The molecule has 0 saturated carbocycles. The molecule has 100 valence electrons. The van der Waals surface area contributed by atoms with Gasteiger partial charge in [0, 0.05) is 16.7 Å². The van der Waals surface area contributed by atoms with Crippen molar-refractivity contribution in [3.05, 3.63) is 46.5 Å². The molecule has 0 amide bonds. The van der Waals surface area contributed by atoms with Crippen molar-refractivity contribution >= 4 is 11.8 Å². The molecular weight excluding hydrogens is 240 g/mol. The van der Waals surface area contributed by atoms with Gasteiger partial charge < -0.3 is 5.11 Å². The smallest absolute Gasteiger partial charge is 0.331 e. The van der Waals surface area contributed by atoms with Gasteiger partial charge in [0.05, 0.1) is 0 Å². The van der Waals surface area contributed by atoms with Gasteiger partial charge in [0.25, 0.3) is 0 Å². The second-order valence-electron chi connectivity index (χ2n) is 4.81. The fraction of sp³-hybridized carbons (Fsp3) is 0.375. The number of hydrogen-bond donors (Lipinski definition) is 1. The molecule has 0 aromatic heterocycles. The molecular formula is C16H18O3. The molecule has 0 atom stereocenters. The summed E-state index contributed by atoms with van der Waals surface area (Å²) in [7, 11) is 0. The summed E-state index contributed by atoms with van der Waals surface area (Å²) >= 11 is 0. The molecule has 19 heavy (non-hydrogen) atoms. The van der Waals surface area contributed by atoms with Gasteiger partial charge in [0.15, 0.2) is 5.78 Å². The van der Waals surface area contributed by atoms with E-state index < -0.39 is 5.97 Å². The molecule has 3 nitrogen and oxygen atoms in total. The van der Waals surface area contributed by atoms with E-state index in [0.717, 1.165) is 24.8 Å². The van der Waals surface area contributed by atoms with Crippen LogP contribution in [-0.2, 0) is 11.2 Å². The lowest BCUT2D eigenvalue weighted by molar-refractivity contribution is -0.133. The van der Waals surface area contributed by atoms with Crippen LogP contribution in [0.2, 0.25) is 0 Å². The van der Waals surface area contributed by atoms with Crippen LogP contribution >= 0.6 is 0 Å². The Morgan fingerprint density at radius 1 is 1.11 bits per heavy atom. The average Bonchev–Trinajstić information content (AvgIpc) is 2.46. The molecule has 0 fully saturated rings. The highest BCUT2D eigenvalue weighted by atomic mass is 16.4. The summed E-state index contributed by atoms with van der Waals surface area (Å²) in [4.78, 5) is 23.8. The van der Waals surface area contributed by atoms with Crippen molar-refractivity contribution in [1.82, 2.24) is 0 Å². The van der Waals surface area contributed by atoms with Gasteiger partial charge in [-0.15, -0.1) is 0 Å². The van der Waals surface area contributed by atoms with Gasteiger partial charge in [-0.3, -0.25) is 4.79 Å². The summed E-state index contributed by atoms with van der Waals surface area (Å²) in [5.74, 6) is -1.05. The second-order valence-corrected chi connectivity index (χ2v) is 4.81. The maximum Gasteiger partial charge on any atom is 0.331 e. The van der Waals surface area contributed by atoms with E-state index in [0.29, 0.717) is 29.6 Å². The molecule has 2 rings (SSSR count). The monoisotopic (exact) mass is 258 g/mol. The number of Topliss-reactive ketones (excluding diaryl/α,β-unsaturated/α-hetero) is 1. The quantitative estimate of drug-likeness (QED) is 0.842. The first-order chi connectivity index (χ1) is 9.15. The maximum absolute atomic E-state index is 12.6. The van der Waals surface area contributed by atoms with Gasteiger partial charge in [-0.05, 0) is 37.7 Å². The van der Waals surface area contributed by atoms with Gasteiger partial charge in [-0.25, -0.2) is 4.79 Å². The lowest BCUT2D eigenvalue weighted by atomic mass is 9.85. The van der Waals surface area contributed by atoms with Crippen molar-refractivity contribution in [1.29, 1.82) is 0 Å². The van der Waals surface area contributed by atoms with Crippen molar-refractivity contribution < 1.29 is 14.7 Å². The topological polar surface area (TPSA) is 54.4 Å². The number of carbonyl (C=O) groups is 2. The summed E-state index contributed by atoms with van der Waals surface area (Å²) in [5.41, 5.74) is 2.44. The Bertz CT molecular complexity index is 541. The fourth-order valence-electron chi connectivity index (χ4n) is 2.60. The lowest BCUT2D eigenvalue weighted by Gasteiger charge is -2.17. The van der Waals surface area contributed by atoms with Crippen LogP contribution in [0.15, 0.2) is 35.4 Å². The Labute approximate surface area is 113 Å². The van der Waals surface area contributed by atoms with Crippen LogP contribution in [0, 0.1) is 0 Å². The number of aliphatic carboxylic acids is 1. The number of carboxylic acid groups (broad SMARTS) is 1. The molecule has 0 aliphatic heterocycles. The summed E-state index contributed by atoms with van der Waals surface area (Å²) in [5, 5.41) is 9.22. The molecule has 0 heterocycles. The van der Waals surface area contributed by atoms with Crippen LogP contribution in [0.5, 0.6) is 0 Å². The summed E-state index contributed by atoms with van der Waals surface area (Å²) in [6.07, 6.45) is 3.61. The van der Waals surface area contributed by atoms with Gasteiger partial charge >= 0.3 is 5.97 Å². The van der Waals surface area contributed by atoms with Gasteiger partial charge in [0.2, 0.25) is 0 Å². The Kier molecular flexibility index (Phi) is 4.15. The highest BCUT2D eigenvalue weighted by molar-refractivity contribution is 6.13. The standard InChI is InChI=1S/C16H18O3/c1-2-11-7-3-4-8-12(11)15(17)13-9-5-6-10-14(13)16(18)19/h3-4,7-8H,2,5-6,9-10H2,1H3,(H,18,19). The molecule has 1 aliphatic rings. The number of allylic oxidation sites excluding steroid dienone is 1. The zero-order valence-corrected chi connectivity index (χ0v) is 11.1. The summed E-state index contributed by atoms with van der Waals surface area (Å²) < 4.78 is 0. The number of aryl methyl sites for hydroxylation is 1. The van der Waals surface area contributed by atoms with Crippen molar-refractivity contribution in [3.8, 4) is 0 Å². The van der Waals surface area contributed by atoms with E-state index in [9.17, 15) is 14.7 Å². The minimum atomic E-state index is -0.947. The van der Waals surface area contributed by atoms with Crippen LogP contribution in [-0.4, -0.2) is 16.9 Å². The Balaban J connectivity index is 2.45. The van der Waals surface area contributed by atoms with E-state index in [-0.39, 0.29) is 5.78 Å². The number of benzene rings is 1. The second kappa shape index (κ2) is 5.83. The van der Waals surface area contributed by atoms with E-state index in [2.05, 4.69) is 0 Å². The average molecular weight is 258 g/mol. The largest absolute Gasteiger partial charge is 0.478 e. The first-order valence-electron chi connectivity index (χ1n) is 6.73. The third-order valence-corrected chi connectivity index (χ3v) is 3.64. The highest BCUT2D eigenvalue weighted by Gasteiger charge is 2.25. The van der Waals surface area contributed by atoms with Crippen LogP contribution in [0.3, 0.4) is 0 Å². The molecule has 0 bridgehead atoms. The Hall–Kier alpha value is -1.90. The zero-order chi connectivity index (χ0) is 13.8. The van der Waals surface area contributed by atoms with Crippen molar-refractivity contribution in [2.75, 3.05) is 0 Å². The van der Waals surface area contributed by atoms with Crippen molar-refractivity contribution in [3.63, 3.8) is 0 Å². The molecule has 0 spiro atoms. The number of carboxylic acids is 1. The third-order valence-electron chi connectivity index (χ3n) is 3.64. The first kappa shape index (κ1) is 13.5. The van der Waals surface area contributed by atoms with Crippen LogP contribution in [0.1, 0.15) is 48.5 Å². The predicted molar refractivity (Wildman–Crippen MR) is 73.3 cm³/mol. The minimum Gasteiger partial charge on any atom is -0.478 e. The van der Waals surface area contributed by atoms with E-state index in [1.165, 1.54) is 0 Å². The molecule has 1 aromatic rings. The van der Waals surface area contributed by atoms with E-state index >= 15 is 0 Å². The van der Waals surface area contributed by atoms with E-state index in [1.807, 2.05) is 25.1 Å². The molecule has 1 N–H and O–H groups in total. The van der Waals surface area contributed by atoms with Crippen molar-refractivity contribution in [2.45, 2.75) is 39.0 Å². The maximum atomic E-state index is 12.6. The van der Waals surface area contributed by atoms with Gasteiger partial charge in [-0.1, -0.05) is 31.2 Å². The van der Waals surface area contributed by atoms with E-state index in [4.69, 9.17) is 0 Å². The number of hydrogen-bond acceptors (Lipinski definition) is 2. The Morgan fingerprint density at radius 2 is 1.74 bits per heavy atom. The van der Waals surface area contributed by atoms with Gasteiger partial charge in [-0.2, -0.15) is 0 Å². The number of ketones is 1. The molecule has 3 heteroatoms. The fourth-order valence-corrected chi connectivity index (χ4v) is 2.60. The summed E-state index contributed by atoms with van der Waals surface area (Å²) in [6, 6.07) is 7.46. The van der Waals surface area contributed by atoms with Crippen molar-refractivity contribution in [2.24, 2.45) is 0 Å². The first-order valence-corrected chi connectivity index (χ1v) is 6.73.